The Kier molecular flexibility index (Phi) is 3.65. The van der Waals surface area contributed by atoms with Crippen LogP contribution >= 0.6 is 0 Å². The van der Waals surface area contributed by atoms with E-state index in [1.807, 2.05) is 0 Å². The molecule has 1 unspecified atom stereocenters. The van der Waals surface area contributed by atoms with Crippen molar-refractivity contribution in [2.75, 3.05) is 32.8 Å². The van der Waals surface area contributed by atoms with Crippen molar-refractivity contribution in [1.29, 1.82) is 0 Å². The van der Waals surface area contributed by atoms with Crippen molar-refractivity contribution in [3.05, 3.63) is 10.5 Å². The van der Waals surface area contributed by atoms with Gasteiger partial charge in [0.1, 0.15) is 0 Å². The van der Waals surface area contributed by atoms with E-state index in [9.17, 15) is 4.79 Å². The molecule has 0 radical (unpaired) electrons. The maximum Gasteiger partial charge on any atom is 0.363 e. The van der Waals surface area contributed by atoms with Crippen LogP contribution in [-0.2, 0) is 11.3 Å². The second-order valence-electron chi connectivity index (χ2n) is 5.64. The van der Waals surface area contributed by atoms with E-state index in [4.69, 9.17) is 4.74 Å². The van der Waals surface area contributed by atoms with Gasteiger partial charge in [0.2, 0.25) is 0 Å². The summed E-state index contributed by atoms with van der Waals surface area (Å²) in [5, 5.41) is 7.95. The number of hydrogen-bond acceptors (Lipinski definition) is 5. The summed E-state index contributed by atoms with van der Waals surface area (Å²) in [4.78, 5) is 14.4. The molecule has 0 bridgehead atoms. The Labute approximate surface area is 112 Å². The van der Waals surface area contributed by atoms with Crippen LogP contribution in [0.1, 0.15) is 25.8 Å². The van der Waals surface area contributed by atoms with Crippen molar-refractivity contribution in [1.82, 2.24) is 24.7 Å². The molecule has 7 nitrogen and oxygen atoms in total. The standard InChI is InChI=1S/C12H21N5O2/c1-10(8-15-4-6-19-7-5-15)9-16-12(18)17(14-13-16)11-2-3-11/h10-11H,2-9H2,1H3. The Morgan fingerprint density at radius 1 is 1.26 bits per heavy atom. The van der Waals surface area contributed by atoms with E-state index < -0.39 is 0 Å². The average Bonchev–Trinajstić information content (AvgIpc) is 3.18. The van der Waals surface area contributed by atoms with Gasteiger partial charge in [-0.05, 0) is 29.2 Å². The van der Waals surface area contributed by atoms with E-state index in [1.165, 1.54) is 9.36 Å². The molecule has 0 aromatic carbocycles. The summed E-state index contributed by atoms with van der Waals surface area (Å²) < 4.78 is 8.37. The minimum Gasteiger partial charge on any atom is -0.379 e. The first kappa shape index (κ1) is 12.8. The van der Waals surface area contributed by atoms with Gasteiger partial charge in [-0.2, -0.15) is 9.36 Å². The van der Waals surface area contributed by atoms with Crippen LogP contribution in [0.15, 0.2) is 4.79 Å². The molecule has 3 rings (SSSR count). The van der Waals surface area contributed by atoms with Crippen LogP contribution in [0.3, 0.4) is 0 Å². The Morgan fingerprint density at radius 2 is 2.00 bits per heavy atom. The predicted octanol–water partition coefficient (Wildman–Crippen LogP) is -0.257. The monoisotopic (exact) mass is 267 g/mol. The van der Waals surface area contributed by atoms with Gasteiger partial charge in [-0.3, -0.25) is 4.90 Å². The zero-order chi connectivity index (χ0) is 13.2. The number of aromatic nitrogens is 4. The largest absolute Gasteiger partial charge is 0.379 e. The van der Waals surface area contributed by atoms with E-state index in [0.29, 0.717) is 18.5 Å². The van der Waals surface area contributed by atoms with Gasteiger partial charge in [-0.1, -0.05) is 6.92 Å². The summed E-state index contributed by atoms with van der Waals surface area (Å²) in [5.41, 5.74) is -0.0590. The first-order chi connectivity index (χ1) is 9.24. The lowest BCUT2D eigenvalue weighted by molar-refractivity contribution is 0.0304. The third-order valence-corrected chi connectivity index (χ3v) is 3.71. The van der Waals surface area contributed by atoms with E-state index >= 15 is 0 Å². The first-order valence-corrected chi connectivity index (χ1v) is 7.06. The highest BCUT2D eigenvalue weighted by atomic mass is 16.5. The molecule has 1 aliphatic carbocycles. The lowest BCUT2D eigenvalue weighted by Gasteiger charge is -2.28. The number of tetrazole rings is 1. The van der Waals surface area contributed by atoms with E-state index in [-0.39, 0.29) is 5.69 Å². The number of nitrogens with zero attached hydrogens (tertiary/aromatic N) is 5. The van der Waals surface area contributed by atoms with Crippen molar-refractivity contribution in [3.8, 4) is 0 Å². The van der Waals surface area contributed by atoms with Crippen LogP contribution in [0.25, 0.3) is 0 Å². The molecule has 2 aliphatic rings. The fraction of sp³-hybridized carbons (Fsp3) is 0.917. The summed E-state index contributed by atoms with van der Waals surface area (Å²) >= 11 is 0. The smallest absolute Gasteiger partial charge is 0.363 e. The Bertz CT molecular complexity index is 473. The molecule has 2 heterocycles. The van der Waals surface area contributed by atoms with Crippen LogP contribution < -0.4 is 5.69 Å². The fourth-order valence-corrected chi connectivity index (χ4v) is 2.53. The van der Waals surface area contributed by atoms with Crippen LogP contribution in [0.2, 0.25) is 0 Å². The summed E-state index contributed by atoms with van der Waals surface area (Å²) in [5.74, 6) is 0.389. The van der Waals surface area contributed by atoms with E-state index in [0.717, 1.165) is 45.7 Å². The van der Waals surface area contributed by atoms with Crippen molar-refractivity contribution in [2.24, 2.45) is 5.92 Å². The van der Waals surface area contributed by atoms with Crippen molar-refractivity contribution in [2.45, 2.75) is 32.4 Å². The first-order valence-electron chi connectivity index (χ1n) is 7.06. The normalized spacial score (nSPS) is 22.6. The molecule has 0 N–H and O–H groups in total. The topological polar surface area (TPSA) is 65.2 Å². The number of rotatable bonds is 5. The maximum absolute atomic E-state index is 12.0. The second kappa shape index (κ2) is 5.42. The highest BCUT2D eigenvalue weighted by Crippen LogP contribution is 2.32. The Balaban J connectivity index is 1.56. The molecule has 1 saturated heterocycles. The zero-order valence-corrected chi connectivity index (χ0v) is 11.4. The molecule has 1 aliphatic heterocycles. The molecule has 7 heteroatoms. The van der Waals surface area contributed by atoms with Gasteiger partial charge in [-0.15, -0.1) is 0 Å². The molecule has 1 atom stereocenters. The fourth-order valence-electron chi connectivity index (χ4n) is 2.53. The molecular weight excluding hydrogens is 246 g/mol. The average molecular weight is 267 g/mol. The summed E-state index contributed by atoms with van der Waals surface area (Å²) in [6.45, 7) is 7.35. The quantitative estimate of drug-likeness (QED) is 0.735. The van der Waals surface area contributed by atoms with Crippen LogP contribution in [0, 0.1) is 5.92 Å². The van der Waals surface area contributed by atoms with Gasteiger partial charge in [0.05, 0.1) is 25.8 Å². The zero-order valence-electron chi connectivity index (χ0n) is 11.4. The van der Waals surface area contributed by atoms with Crippen molar-refractivity contribution >= 4 is 0 Å². The van der Waals surface area contributed by atoms with Gasteiger partial charge in [0.25, 0.3) is 0 Å². The molecule has 1 aromatic heterocycles. The van der Waals surface area contributed by atoms with Gasteiger partial charge >= 0.3 is 5.69 Å². The van der Waals surface area contributed by atoms with Crippen LogP contribution in [0.4, 0.5) is 0 Å². The van der Waals surface area contributed by atoms with Crippen molar-refractivity contribution < 1.29 is 4.74 Å². The molecule has 2 fully saturated rings. The lowest BCUT2D eigenvalue weighted by atomic mass is 10.1. The summed E-state index contributed by atoms with van der Waals surface area (Å²) in [7, 11) is 0. The van der Waals surface area contributed by atoms with Crippen LogP contribution in [0.5, 0.6) is 0 Å². The van der Waals surface area contributed by atoms with E-state index in [2.05, 4.69) is 22.3 Å². The van der Waals surface area contributed by atoms with Crippen LogP contribution in [-0.4, -0.2) is 57.5 Å². The number of hydrogen-bond donors (Lipinski definition) is 0. The van der Waals surface area contributed by atoms with Crippen molar-refractivity contribution in [3.63, 3.8) is 0 Å². The lowest BCUT2D eigenvalue weighted by Crippen LogP contribution is -2.40. The Hall–Kier alpha value is -1.21. The third kappa shape index (κ3) is 3.03. The Morgan fingerprint density at radius 3 is 2.68 bits per heavy atom. The number of ether oxygens (including phenoxy) is 1. The minimum atomic E-state index is -0.0590. The SMILES string of the molecule is CC(CN1CCOCC1)Cn1nnn(C2CC2)c1=O. The number of morpholine rings is 1. The highest BCUT2D eigenvalue weighted by molar-refractivity contribution is 4.80. The molecule has 0 amide bonds. The second-order valence-corrected chi connectivity index (χ2v) is 5.64. The maximum atomic E-state index is 12.0. The van der Waals surface area contributed by atoms with Gasteiger partial charge in [0, 0.05) is 19.6 Å². The molecule has 1 aromatic rings. The summed E-state index contributed by atoms with van der Waals surface area (Å²) in [6, 6.07) is 0.302. The van der Waals surface area contributed by atoms with Gasteiger partial charge < -0.3 is 4.74 Å². The highest BCUT2D eigenvalue weighted by Gasteiger charge is 2.28. The summed E-state index contributed by atoms with van der Waals surface area (Å²) in [6.07, 6.45) is 2.11. The molecule has 0 spiro atoms. The molecule has 19 heavy (non-hydrogen) atoms. The molecular formula is C12H21N5O2. The van der Waals surface area contributed by atoms with E-state index in [1.54, 1.807) is 0 Å². The predicted molar refractivity (Wildman–Crippen MR) is 69.0 cm³/mol. The minimum absolute atomic E-state index is 0.0590. The molecule has 106 valence electrons. The van der Waals surface area contributed by atoms with Gasteiger partial charge in [0.15, 0.2) is 0 Å². The third-order valence-electron chi connectivity index (χ3n) is 3.71. The molecule has 1 saturated carbocycles. The van der Waals surface area contributed by atoms with Gasteiger partial charge in [-0.25, -0.2) is 4.79 Å².